The Bertz CT molecular complexity index is 1250. The third-order valence-corrected chi connectivity index (χ3v) is 5.39. The van der Waals surface area contributed by atoms with Crippen LogP contribution in [0.4, 0.5) is 4.39 Å². The molecule has 1 heterocycles. The first kappa shape index (κ1) is 20.5. The molecule has 3 aromatic carbocycles. The van der Waals surface area contributed by atoms with Gasteiger partial charge in [-0.05, 0) is 36.6 Å². The van der Waals surface area contributed by atoms with Gasteiger partial charge in [0, 0.05) is 24.2 Å². The molecule has 0 fully saturated rings. The molecular weight excluding hydrogens is 391 g/mol. The van der Waals surface area contributed by atoms with Crippen LogP contribution in [0.25, 0.3) is 11.4 Å². The quantitative estimate of drug-likeness (QED) is 0.488. The molecule has 0 aliphatic rings. The molecule has 4 aromatic rings. The molecule has 0 saturated carbocycles. The number of aromatic hydroxyl groups is 1. The van der Waals surface area contributed by atoms with Gasteiger partial charge < -0.3 is 5.11 Å². The van der Waals surface area contributed by atoms with E-state index in [9.17, 15) is 14.3 Å². The zero-order chi connectivity index (χ0) is 21.8. The third-order valence-electron chi connectivity index (χ3n) is 5.39. The van der Waals surface area contributed by atoms with Crippen LogP contribution >= 0.6 is 0 Å². The first-order valence-corrected chi connectivity index (χ1v) is 10.2. The summed E-state index contributed by atoms with van der Waals surface area (Å²) in [6.07, 6.45) is 1.07. The Morgan fingerprint density at radius 3 is 2.23 bits per heavy atom. The van der Waals surface area contributed by atoms with Crippen LogP contribution in [0.3, 0.4) is 0 Å². The molecule has 4 rings (SSSR count). The standard InChI is InChI=1S/C26H23FN2O2/c1-18-22(17-20-11-6-3-7-12-20)26(31)29(16-15-19-9-4-2-5-10-19)25(28-18)21-13-8-14-23(27)24(21)30/h2-14,30H,15-17H2,1H3. The Balaban J connectivity index is 1.83. The molecule has 0 saturated heterocycles. The molecule has 156 valence electrons. The average molecular weight is 414 g/mol. The second kappa shape index (κ2) is 8.96. The zero-order valence-electron chi connectivity index (χ0n) is 17.3. The van der Waals surface area contributed by atoms with Crippen molar-refractivity contribution < 1.29 is 9.50 Å². The fraction of sp³-hybridized carbons (Fsp3) is 0.154. The SMILES string of the molecule is Cc1nc(-c2cccc(F)c2O)n(CCc2ccccc2)c(=O)c1Cc1ccccc1. The first-order valence-electron chi connectivity index (χ1n) is 10.2. The second-order valence-corrected chi connectivity index (χ2v) is 7.49. The van der Waals surface area contributed by atoms with Crippen LogP contribution in [-0.2, 0) is 19.4 Å². The number of phenolic OH excluding ortho intramolecular Hbond substituents is 1. The predicted octanol–water partition coefficient (Wildman–Crippen LogP) is 4.90. The summed E-state index contributed by atoms with van der Waals surface area (Å²) in [5.74, 6) is -0.974. The highest BCUT2D eigenvalue weighted by Gasteiger charge is 2.19. The van der Waals surface area contributed by atoms with E-state index in [2.05, 4.69) is 4.98 Å². The van der Waals surface area contributed by atoms with Crippen LogP contribution in [-0.4, -0.2) is 14.7 Å². The minimum Gasteiger partial charge on any atom is -0.504 e. The summed E-state index contributed by atoms with van der Waals surface area (Å²) in [5, 5.41) is 10.3. The fourth-order valence-electron chi connectivity index (χ4n) is 3.70. The summed E-state index contributed by atoms with van der Waals surface area (Å²) in [5.41, 5.74) is 3.29. The summed E-state index contributed by atoms with van der Waals surface area (Å²) in [6.45, 7) is 2.14. The average Bonchev–Trinajstić information content (AvgIpc) is 2.79. The van der Waals surface area contributed by atoms with Gasteiger partial charge >= 0.3 is 0 Å². The van der Waals surface area contributed by atoms with Crippen molar-refractivity contribution in [2.24, 2.45) is 0 Å². The molecule has 0 bridgehead atoms. The number of aromatic nitrogens is 2. The van der Waals surface area contributed by atoms with Crippen molar-refractivity contribution in [2.75, 3.05) is 0 Å². The van der Waals surface area contributed by atoms with Gasteiger partial charge in [-0.25, -0.2) is 9.37 Å². The number of benzene rings is 3. The Kier molecular flexibility index (Phi) is 5.94. The molecule has 0 amide bonds. The van der Waals surface area contributed by atoms with E-state index in [0.717, 1.165) is 11.1 Å². The van der Waals surface area contributed by atoms with E-state index in [1.165, 1.54) is 12.1 Å². The van der Waals surface area contributed by atoms with Gasteiger partial charge in [0.15, 0.2) is 11.6 Å². The van der Waals surface area contributed by atoms with Gasteiger partial charge in [0.1, 0.15) is 5.82 Å². The monoisotopic (exact) mass is 414 g/mol. The molecule has 0 aliphatic carbocycles. The summed E-state index contributed by atoms with van der Waals surface area (Å²) < 4.78 is 15.6. The largest absolute Gasteiger partial charge is 0.504 e. The van der Waals surface area contributed by atoms with Crippen molar-refractivity contribution in [3.8, 4) is 17.1 Å². The van der Waals surface area contributed by atoms with Crippen molar-refractivity contribution in [3.05, 3.63) is 117 Å². The van der Waals surface area contributed by atoms with Crippen molar-refractivity contribution in [1.29, 1.82) is 0 Å². The molecule has 0 aliphatic heterocycles. The van der Waals surface area contributed by atoms with Gasteiger partial charge in [-0.3, -0.25) is 9.36 Å². The van der Waals surface area contributed by atoms with Gasteiger partial charge in [0.2, 0.25) is 0 Å². The number of halogens is 1. The van der Waals surface area contributed by atoms with Gasteiger partial charge in [0.25, 0.3) is 5.56 Å². The van der Waals surface area contributed by atoms with Crippen molar-refractivity contribution in [3.63, 3.8) is 0 Å². The molecule has 1 N–H and O–H groups in total. The molecule has 31 heavy (non-hydrogen) atoms. The number of nitrogens with zero attached hydrogens (tertiary/aromatic N) is 2. The molecule has 0 unspecified atom stereocenters. The van der Waals surface area contributed by atoms with Crippen molar-refractivity contribution in [2.45, 2.75) is 26.3 Å². The van der Waals surface area contributed by atoms with E-state index in [1.807, 2.05) is 60.7 Å². The Labute approximate surface area is 180 Å². The number of rotatable bonds is 6. The third kappa shape index (κ3) is 4.40. The lowest BCUT2D eigenvalue weighted by Gasteiger charge is -2.17. The molecule has 0 spiro atoms. The molecule has 0 atom stereocenters. The van der Waals surface area contributed by atoms with Gasteiger partial charge in [-0.1, -0.05) is 66.7 Å². The summed E-state index contributed by atoms with van der Waals surface area (Å²) in [6, 6.07) is 23.9. The minimum atomic E-state index is -0.743. The molecule has 0 radical (unpaired) electrons. The van der Waals surface area contributed by atoms with E-state index >= 15 is 0 Å². The molecular formula is C26H23FN2O2. The maximum absolute atomic E-state index is 14.1. The normalized spacial score (nSPS) is 10.9. The summed E-state index contributed by atoms with van der Waals surface area (Å²) >= 11 is 0. The number of hydrogen-bond donors (Lipinski definition) is 1. The van der Waals surface area contributed by atoms with Crippen LogP contribution in [0.5, 0.6) is 5.75 Å². The number of hydrogen-bond acceptors (Lipinski definition) is 3. The summed E-state index contributed by atoms with van der Waals surface area (Å²) in [7, 11) is 0. The van der Waals surface area contributed by atoms with Gasteiger partial charge in [-0.2, -0.15) is 0 Å². The van der Waals surface area contributed by atoms with Gasteiger partial charge in [-0.15, -0.1) is 0 Å². The highest BCUT2D eigenvalue weighted by molar-refractivity contribution is 5.64. The Morgan fingerprint density at radius 1 is 0.903 bits per heavy atom. The van der Waals surface area contributed by atoms with Crippen molar-refractivity contribution >= 4 is 0 Å². The second-order valence-electron chi connectivity index (χ2n) is 7.49. The topological polar surface area (TPSA) is 55.1 Å². The Morgan fingerprint density at radius 2 is 1.55 bits per heavy atom. The molecule has 5 heteroatoms. The minimum absolute atomic E-state index is 0.175. The van der Waals surface area contributed by atoms with Crippen LogP contribution < -0.4 is 5.56 Å². The number of aryl methyl sites for hydroxylation is 2. The van der Waals surface area contributed by atoms with E-state index < -0.39 is 11.6 Å². The van der Waals surface area contributed by atoms with Crippen LogP contribution in [0.15, 0.2) is 83.7 Å². The first-order chi connectivity index (χ1) is 15.0. The lowest BCUT2D eigenvalue weighted by atomic mass is 10.0. The van der Waals surface area contributed by atoms with Crippen LogP contribution in [0.2, 0.25) is 0 Å². The van der Waals surface area contributed by atoms with E-state index in [0.29, 0.717) is 30.6 Å². The number of para-hydroxylation sites is 1. The van der Waals surface area contributed by atoms with Gasteiger partial charge in [0.05, 0.1) is 5.56 Å². The summed E-state index contributed by atoms with van der Waals surface area (Å²) in [4.78, 5) is 18.2. The lowest BCUT2D eigenvalue weighted by molar-refractivity contribution is 0.433. The maximum atomic E-state index is 14.1. The van der Waals surface area contributed by atoms with Crippen LogP contribution in [0, 0.1) is 12.7 Å². The zero-order valence-corrected chi connectivity index (χ0v) is 17.3. The van der Waals surface area contributed by atoms with Crippen molar-refractivity contribution in [1.82, 2.24) is 9.55 Å². The number of phenols is 1. The maximum Gasteiger partial charge on any atom is 0.257 e. The highest BCUT2D eigenvalue weighted by Crippen LogP contribution is 2.30. The van der Waals surface area contributed by atoms with E-state index in [4.69, 9.17) is 0 Å². The van der Waals surface area contributed by atoms with Crippen LogP contribution in [0.1, 0.15) is 22.4 Å². The molecule has 1 aromatic heterocycles. The predicted molar refractivity (Wildman–Crippen MR) is 120 cm³/mol. The molecule has 4 nitrogen and oxygen atoms in total. The van der Waals surface area contributed by atoms with E-state index in [1.54, 1.807) is 17.6 Å². The lowest BCUT2D eigenvalue weighted by Crippen LogP contribution is -2.29. The Hall–Kier alpha value is -3.73. The fourth-order valence-corrected chi connectivity index (χ4v) is 3.70. The smallest absolute Gasteiger partial charge is 0.257 e. The van der Waals surface area contributed by atoms with E-state index in [-0.39, 0.29) is 16.9 Å². The highest BCUT2D eigenvalue weighted by atomic mass is 19.1.